The van der Waals surface area contributed by atoms with Crippen LogP contribution in [-0.4, -0.2) is 26.7 Å². The highest BCUT2D eigenvalue weighted by Gasteiger charge is 2.36. The summed E-state index contributed by atoms with van der Waals surface area (Å²) in [4.78, 5) is 0. The highest BCUT2D eigenvalue weighted by molar-refractivity contribution is 5.45. The molecule has 18 heavy (non-hydrogen) atoms. The van der Waals surface area contributed by atoms with Crippen LogP contribution in [0.15, 0.2) is 18.2 Å². The summed E-state index contributed by atoms with van der Waals surface area (Å²) in [7, 11) is 1.52. The lowest BCUT2D eigenvalue weighted by Gasteiger charge is -2.29. The van der Waals surface area contributed by atoms with Crippen molar-refractivity contribution in [3.8, 4) is 11.5 Å². The number of halogens is 2. The van der Waals surface area contributed by atoms with Gasteiger partial charge in [-0.1, -0.05) is 6.07 Å². The lowest BCUT2D eigenvalue weighted by atomic mass is 9.92. The Hall–Kier alpha value is -1.36. The second-order valence-corrected chi connectivity index (χ2v) is 4.47. The number of ether oxygens (including phenoxy) is 2. The fourth-order valence-corrected chi connectivity index (χ4v) is 1.87. The topological polar surface area (TPSA) is 30.5 Å². The standard InChI is InChI=1S/C13H17F2NO2/c1-13(16-2,12(14)15)9-4-5-10-11(8-9)18-7-3-6-17-10/h4-5,8,12,16H,3,6-7H2,1-2H3. The first-order chi connectivity index (χ1) is 8.58. The van der Waals surface area contributed by atoms with E-state index in [0.29, 0.717) is 30.3 Å². The SMILES string of the molecule is CNC(C)(c1ccc2c(c1)OCCCO2)C(F)F. The van der Waals surface area contributed by atoms with Crippen LogP contribution in [0.25, 0.3) is 0 Å². The summed E-state index contributed by atoms with van der Waals surface area (Å²) in [6.07, 6.45) is -1.71. The van der Waals surface area contributed by atoms with E-state index < -0.39 is 12.0 Å². The first kappa shape index (κ1) is 13.1. The van der Waals surface area contributed by atoms with E-state index >= 15 is 0 Å². The lowest BCUT2D eigenvalue weighted by molar-refractivity contribution is 0.0430. The maximum Gasteiger partial charge on any atom is 0.260 e. The Morgan fingerprint density at radius 1 is 1.22 bits per heavy atom. The predicted octanol–water partition coefficient (Wildman–Crippen LogP) is 2.55. The van der Waals surface area contributed by atoms with Gasteiger partial charge in [-0.15, -0.1) is 0 Å². The number of benzene rings is 1. The predicted molar refractivity (Wildman–Crippen MR) is 64.5 cm³/mol. The molecule has 1 aliphatic rings. The number of hydrogen-bond acceptors (Lipinski definition) is 3. The Balaban J connectivity index is 2.38. The summed E-state index contributed by atoms with van der Waals surface area (Å²) in [5.41, 5.74) is -0.894. The summed E-state index contributed by atoms with van der Waals surface area (Å²) in [6, 6.07) is 4.97. The van der Waals surface area contributed by atoms with Gasteiger partial charge in [0.1, 0.15) is 5.54 Å². The molecule has 0 spiro atoms. The van der Waals surface area contributed by atoms with E-state index in [4.69, 9.17) is 9.47 Å². The average Bonchev–Trinajstić information content (AvgIpc) is 2.61. The zero-order valence-corrected chi connectivity index (χ0v) is 10.5. The van der Waals surface area contributed by atoms with E-state index in [1.54, 1.807) is 18.2 Å². The van der Waals surface area contributed by atoms with Crippen LogP contribution in [-0.2, 0) is 5.54 Å². The van der Waals surface area contributed by atoms with Crippen LogP contribution in [0, 0.1) is 0 Å². The molecule has 1 aromatic carbocycles. The molecule has 1 aliphatic heterocycles. The smallest absolute Gasteiger partial charge is 0.260 e. The van der Waals surface area contributed by atoms with E-state index in [1.165, 1.54) is 14.0 Å². The molecule has 0 aromatic heterocycles. The number of rotatable bonds is 3. The van der Waals surface area contributed by atoms with Crippen molar-refractivity contribution >= 4 is 0 Å². The molecule has 1 aromatic rings. The molecule has 1 heterocycles. The molecule has 0 radical (unpaired) electrons. The summed E-state index contributed by atoms with van der Waals surface area (Å²) in [5, 5.41) is 2.67. The largest absolute Gasteiger partial charge is 0.490 e. The van der Waals surface area contributed by atoms with E-state index in [-0.39, 0.29) is 0 Å². The second kappa shape index (κ2) is 5.10. The number of hydrogen-bond donors (Lipinski definition) is 1. The highest BCUT2D eigenvalue weighted by Crippen LogP contribution is 2.36. The van der Waals surface area contributed by atoms with Gasteiger partial charge < -0.3 is 14.8 Å². The zero-order chi connectivity index (χ0) is 13.2. The van der Waals surface area contributed by atoms with Crippen molar-refractivity contribution in [2.45, 2.75) is 25.3 Å². The average molecular weight is 257 g/mol. The molecule has 0 bridgehead atoms. The van der Waals surface area contributed by atoms with Crippen LogP contribution in [0.1, 0.15) is 18.9 Å². The minimum absolute atomic E-state index is 0.490. The molecule has 1 unspecified atom stereocenters. The van der Waals surface area contributed by atoms with Crippen molar-refractivity contribution in [2.75, 3.05) is 20.3 Å². The molecule has 0 saturated carbocycles. The fraction of sp³-hybridized carbons (Fsp3) is 0.538. The van der Waals surface area contributed by atoms with Crippen molar-refractivity contribution in [1.29, 1.82) is 0 Å². The van der Waals surface area contributed by atoms with Gasteiger partial charge in [-0.25, -0.2) is 8.78 Å². The Kier molecular flexibility index (Phi) is 3.71. The molecule has 5 heteroatoms. The normalized spacial score (nSPS) is 18.3. The maximum atomic E-state index is 13.1. The van der Waals surface area contributed by atoms with Gasteiger partial charge in [0.15, 0.2) is 11.5 Å². The van der Waals surface area contributed by atoms with Gasteiger partial charge in [0.05, 0.1) is 13.2 Å². The van der Waals surface area contributed by atoms with Crippen molar-refractivity contribution in [2.24, 2.45) is 0 Å². The molecule has 100 valence electrons. The molecule has 0 aliphatic carbocycles. The van der Waals surface area contributed by atoms with E-state index in [1.807, 2.05) is 0 Å². The van der Waals surface area contributed by atoms with E-state index in [9.17, 15) is 8.78 Å². The van der Waals surface area contributed by atoms with Gasteiger partial charge in [-0.05, 0) is 31.7 Å². The maximum absolute atomic E-state index is 13.1. The highest BCUT2D eigenvalue weighted by atomic mass is 19.3. The van der Waals surface area contributed by atoms with Gasteiger partial charge in [-0.2, -0.15) is 0 Å². The molecule has 3 nitrogen and oxygen atoms in total. The monoisotopic (exact) mass is 257 g/mol. The van der Waals surface area contributed by atoms with Crippen LogP contribution in [0.3, 0.4) is 0 Å². The molecule has 0 saturated heterocycles. The number of fused-ring (bicyclic) bond motifs is 1. The molecule has 2 rings (SSSR count). The molecule has 0 amide bonds. The number of alkyl halides is 2. The van der Waals surface area contributed by atoms with Gasteiger partial charge in [0.2, 0.25) is 0 Å². The van der Waals surface area contributed by atoms with Gasteiger partial charge in [-0.3, -0.25) is 0 Å². The Bertz CT molecular complexity index is 425. The van der Waals surface area contributed by atoms with Crippen LogP contribution < -0.4 is 14.8 Å². The van der Waals surface area contributed by atoms with Gasteiger partial charge >= 0.3 is 0 Å². The third kappa shape index (κ3) is 2.27. The summed E-state index contributed by atoms with van der Waals surface area (Å²) in [6.45, 7) is 2.60. The Labute approximate surface area is 105 Å². The third-order valence-corrected chi connectivity index (χ3v) is 3.30. The first-order valence-electron chi connectivity index (χ1n) is 5.95. The molecule has 0 fully saturated rings. The van der Waals surface area contributed by atoms with Gasteiger partial charge in [0.25, 0.3) is 6.43 Å². The van der Waals surface area contributed by atoms with Crippen molar-refractivity contribution < 1.29 is 18.3 Å². The van der Waals surface area contributed by atoms with Crippen LogP contribution in [0.4, 0.5) is 8.78 Å². The molecule has 1 atom stereocenters. The van der Waals surface area contributed by atoms with Crippen LogP contribution in [0.2, 0.25) is 0 Å². The fourth-order valence-electron chi connectivity index (χ4n) is 1.87. The van der Waals surface area contributed by atoms with Crippen molar-refractivity contribution in [3.63, 3.8) is 0 Å². The lowest BCUT2D eigenvalue weighted by Crippen LogP contribution is -2.43. The minimum Gasteiger partial charge on any atom is -0.490 e. The summed E-state index contributed by atoms with van der Waals surface area (Å²) in [5.74, 6) is 1.15. The van der Waals surface area contributed by atoms with E-state index in [0.717, 1.165) is 6.42 Å². The minimum atomic E-state index is -2.51. The van der Waals surface area contributed by atoms with Crippen LogP contribution in [0.5, 0.6) is 11.5 Å². The molecule has 1 N–H and O–H groups in total. The Morgan fingerprint density at radius 2 is 1.89 bits per heavy atom. The van der Waals surface area contributed by atoms with E-state index in [2.05, 4.69) is 5.32 Å². The van der Waals surface area contributed by atoms with Crippen molar-refractivity contribution in [3.05, 3.63) is 23.8 Å². The second-order valence-electron chi connectivity index (χ2n) is 4.47. The van der Waals surface area contributed by atoms with Crippen LogP contribution >= 0.6 is 0 Å². The quantitative estimate of drug-likeness (QED) is 0.902. The summed E-state index contributed by atoms with van der Waals surface area (Å²) < 4.78 is 37.3. The zero-order valence-electron chi connectivity index (χ0n) is 10.5. The number of nitrogens with one attached hydrogen (secondary N) is 1. The van der Waals surface area contributed by atoms with Crippen molar-refractivity contribution in [1.82, 2.24) is 5.32 Å². The first-order valence-corrected chi connectivity index (χ1v) is 5.95. The Morgan fingerprint density at radius 3 is 2.50 bits per heavy atom. The van der Waals surface area contributed by atoms with Gasteiger partial charge in [0, 0.05) is 6.42 Å². The summed E-state index contributed by atoms with van der Waals surface area (Å²) >= 11 is 0. The molecular formula is C13H17F2NO2. The third-order valence-electron chi connectivity index (χ3n) is 3.30. The molecular weight excluding hydrogens is 240 g/mol.